The summed E-state index contributed by atoms with van der Waals surface area (Å²) in [5, 5.41) is 8.27. The van der Waals surface area contributed by atoms with Crippen LogP contribution in [0.3, 0.4) is 0 Å². The van der Waals surface area contributed by atoms with Crippen molar-refractivity contribution < 1.29 is 19.7 Å². The molecular formula is C16H34O4. The van der Waals surface area contributed by atoms with E-state index in [9.17, 15) is 4.79 Å². The Morgan fingerprint density at radius 3 is 1.55 bits per heavy atom. The number of aliphatic carboxylic acids is 1. The fourth-order valence-corrected chi connectivity index (χ4v) is 1.13. The Morgan fingerprint density at radius 2 is 1.25 bits per heavy atom. The van der Waals surface area contributed by atoms with E-state index in [0.717, 1.165) is 12.8 Å². The van der Waals surface area contributed by atoms with E-state index < -0.39 is 5.97 Å². The minimum absolute atomic E-state index is 0.215. The van der Waals surface area contributed by atoms with Crippen LogP contribution in [0.1, 0.15) is 87.0 Å². The predicted octanol–water partition coefficient (Wildman–Crippen LogP) is 4.96. The average molecular weight is 290 g/mol. The van der Waals surface area contributed by atoms with E-state index in [-0.39, 0.29) is 11.2 Å². The van der Waals surface area contributed by atoms with Gasteiger partial charge in [-0.15, -0.1) is 0 Å². The maximum absolute atomic E-state index is 10.0. The monoisotopic (exact) mass is 290 g/mol. The van der Waals surface area contributed by atoms with E-state index in [1.165, 1.54) is 19.3 Å². The molecule has 0 atom stereocenters. The number of carboxylic acids is 1. The Labute approximate surface area is 124 Å². The normalized spacial score (nSPS) is 11.8. The maximum Gasteiger partial charge on any atom is 0.303 e. The van der Waals surface area contributed by atoms with Crippen LogP contribution in [-0.4, -0.2) is 22.3 Å². The summed E-state index contributed by atoms with van der Waals surface area (Å²) in [5.74, 6) is -0.670. The molecule has 0 bridgehead atoms. The first-order valence-corrected chi connectivity index (χ1v) is 7.56. The van der Waals surface area contributed by atoms with Gasteiger partial charge in [-0.1, -0.05) is 32.6 Å². The molecular weight excluding hydrogens is 256 g/mol. The van der Waals surface area contributed by atoms with Crippen LogP contribution in [0.2, 0.25) is 0 Å². The molecule has 0 aliphatic heterocycles. The molecule has 0 fully saturated rings. The lowest BCUT2D eigenvalue weighted by Crippen LogP contribution is -2.27. The minimum Gasteiger partial charge on any atom is -0.481 e. The van der Waals surface area contributed by atoms with Crippen molar-refractivity contribution in [2.75, 3.05) is 0 Å². The van der Waals surface area contributed by atoms with Crippen molar-refractivity contribution in [3.05, 3.63) is 0 Å². The highest BCUT2D eigenvalue weighted by Gasteiger charge is 2.18. The van der Waals surface area contributed by atoms with E-state index in [0.29, 0.717) is 6.42 Å². The summed E-state index contributed by atoms with van der Waals surface area (Å²) in [5.41, 5.74) is -0.430. The molecule has 0 rings (SSSR count). The van der Waals surface area contributed by atoms with Crippen molar-refractivity contribution in [2.45, 2.75) is 98.2 Å². The molecule has 4 nitrogen and oxygen atoms in total. The van der Waals surface area contributed by atoms with Crippen molar-refractivity contribution in [1.82, 2.24) is 0 Å². The Kier molecular flexibility index (Phi) is 12.0. The summed E-state index contributed by atoms with van der Waals surface area (Å²) in [4.78, 5) is 20.2. The lowest BCUT2D eigenvalue weighted by molar-refractivity contribution is -0.393. The van der Waals surface area contributed by atoms with Crippen molar-refractivity contribution >= 4 is 5.97 Å². The van der Waals surface area contributed by atoms with Crippen LogP contribution >= 0.6 is 0 Å². The molecule has 122 valence electrons. The molecule has 0 heterocycles. The van der Waals surface area contributed by atoms with Gasteiger partial charge in [-0.3, -0.25) is 4.79 Å². The molecule has 0 unspecified atom stereocenters. The summed E-state index contributed by atoms with van der Waals surface area (Å²) in [6, 6.07) is 0. The highest BCUT2D eigenvalue weighted by atomic mass is 17.2. The van der Waals surface area contributed by atoms with Crippen LogP contribution in [0, 0.1) is 0 Å². The summed E-state index contributed by atoms with van der Waals surface area (Å²) in [6.45, 7) is 13.9. The van der Waals surface area contributed by atoms with Crippen molar-refractivity contribution in [2.24, 2.45) is 0 Å². The Morgan fingerprint density at radius 1 is 0.850 bits per heavy atom. The second-order valence-electron chi connectivity index (χ2n) is 6.95. The average Bonchev–Trinajstić information content (AvgIpc) is 2.25. The van der Waals surface area contributed by atoms with E-state index in [1.807, 2.05) is 41.5 Å². The van der Waals surface area contributed by atoms with Crippen LogP contribution in [-0.2, 0) is 14.6 Å². The molecule has 0 aliphatic rings. The topological polar surface area (TPSA) is 55.8 Å². The van der Waals surface area contributed by atoms with Gasteiger partial charge in [0.25, 0.3) is 0 Å². The summed E-state index contributed by atoms with van der Waals surface area (Å²) < 4.78 is 0. The van der Waals surface area contributed by atoms with Crippen LogP contribution in [0.25, 0.3) is 0 Å². The van der Waals surface area contributed by atoms with Crippen LogP contribution in [0.4, 0.5) is 0 Å². The number of carboxylic acid groups (broad SMARTS) is 1. The van der Waals surface area contributed by atoms with Crippen molar-refractivity contribution in [1.29, 1.82) is 0 Å². The number of unbranched alkanes of at least 4 members (excludes halogenated alkanes) is 4. The number of rotatable bonds is 7. The van der Waals surface area contributed by atoms with Gasteiger partial charge >= 0.3 is 5.97 Å². The van der Waals surface area contributed by atoms with Gasteiger partial charge in [-0.05, 0) is 48.0 Å². The van der Waals surface area contributed by atoms with Crippen molar-refractivity contribution in [3.63, 3.8) is 0 Å². The van der Waals surface area contributed by atoms with Crippen molar-refractivity contribution in [3.8, 4) is 0 Å². The largest absolute Gasteiger partial charge is 0.481 e. The Bertz CT molecular complexity index is 222. The van der Waals surface area contributed by atoms with E-state index >= 15 is 0 Å². The zero-order valence-corrected chi connectivity index (χ0v) is 14.4. The zero-order chi connectivity index (χ0) is 16.2. The van der Waals surface area contributed by atoms with E-state index in [2.05, 4.69) is 6.92 Å². The Hall–Kier alpha value is -0.610. The van der Waals surface area contributed by atoms with Gasteiger partial charge in [0, 0.05) is 6.42 Å². The maximum atomic E-state index is 10.0. The lowest BCUT2D eigenvalue weighted by Gasteiger charge is -2.24. The molecule has 20 heavy (non-hydrogen) atoms. The molecule has 0 aromatic heterocycles. The van der Waals surface area contributed by atoms with Gasteiger partial charge < -0.3 is 5.11 Å². The van der Waals surface area contributed by atoms with Crippen LogP contribution in [0.5, 0.6) is 0 Å². The third-order valence-electron chi connectivity index (χ3n) is 2.04. The van der Waals surface area contributed by atoms with Gasteiger partial charge in [-0.2, -0.15) is 0 Å². The first kappa shape index (κ1) is 21.7. The predicted molar refractivity (Wildman–Crippen MR) is 82.7 cm³/mol. The fourth-order valence-electron chi connectivity index (χ4n) is 1.13. The smallest absolute Gasteiger partial charge is 0.303 e. The molecule has 0 saturated carbocycles. The highest BCUT2D eigenvalue weighted by Crippen LogP contribution is 2.14. The standard InChI is InChI=1S/C8H18O2.C8H16O2/c1-7(2,3)9-10-8(4,5)6;1-2-3-4-5-6-7-8(9)10/h1-6H3;2-7H2,1H3,(H,9,10). The molecule has 0 aromatic rings. The first-order valence-electron chi connectivity index (χ1n) is 7.56. The second-order valence-corrected chi connectivity index (χ2v) is 6.95. The molecule has 0 aromatic carbocycles. The van der Waals surface area contributed by atoms with Gasteiger partial charge in [0.15, 0.2) is 0 Å². The second kappa shape index (κ2) is 11.1. The molecule has 4 heteroatoms. The zero-order valence-electron chi connectivity index (χ0n) is 14.4. The molecule has 0 amide bonds. The van der Waals surface area contributed by atoms with Crippen LogP contribution < -0.4 is 0 Å². The van der Waals surface area contributed by atoms with E-state index in [1.54, 1.807) is 0 Å². The van der Waals surface area contributed by atoms with Gasteiger partial charge in [-0.25, -0.2) is 9.78 Å². The van der Waals surface area contributed by atoms with Gasteiger partial charge in [0.05, 0.1) is 11.2 Å². The third-order valence-corrected chi connectivity index (χ3v) is 2.04. The lowest BCUT2D eigenvalue weighted by atomic mass is 10.1. The summed E-state index contributed by atoms with van der Waals surface area (Å²) in [6.07, 6.45) is 5.88. The molecule has 0 radical (unpaired) electrons. The summed E-state index contributed by atoms with van der Waals surface area (Å²) >= 11 is 0. The quantitative estimate of drug-likeness (QED) is 0.409. The fraction of sp³-hybridized carbons (Fsp3) is 0.938. The number of hydrogen-bond donors (Lipinski definition) is 1. The first-order chi connectivity index (χ1) is 8.98. The summed E-state index contributed by atoms with van der Waals surface area (Å²) in [7, 11) is 0. The molecule has 0 aliphatic carbocycles. The number of hydrogen-bond acceptors (Lipinski definition) is 3. The molecule has 0 spiro atoms. The Balaban J connectivity index is 0. The SMILES string of the molecule is CC(C)(C)OOC(C)(C)C.CCCCCCCC(=O)O. The highest BCUT2D eigenvalue weighted by molar-refractivity contribution is 5.66. The molecule has 1 N–H and O–H groups in total. The van der Waals surface area contributed by atoms with E-state index in [4.69, 9.17) is 14.9 Å². The van der Waals surface area contributed by atoms with Gasteiger partial charge in [0.1, 0.15) is 0 Å². The number of carbonyl (C=O) groups is 1. The van der Waals surface area contributed by atoms with Crippen LogP contribution in [0.15, 0.2) is 0 Å². The molecule has 0 saturated heterocycles. The van der Waals surface area contributed by atoms with Gasteiger partial charge in [0.2, 0.25) is 0 Å². The third kappa shape index (κ3) is 26.1. The minimum atomic E-state index is -0.670.